The summed E-state index contributed by atoms with van der Waals surface area (Å²) in [4.78, 5) is 0. The first-order valence-electron chi connectivity index (χ1n) is 4.32. The zero-order valence-corrected chi connectivity index (χ0v) is 10.1. The van der Waals surface area contributed by atoms with Crippen LogP contribution in [0.5, 0.6) is 0 Å². The van der Waals surface area contributed by atoms with E-state index in [1.165, 1.54) is 6.07 Å². The maximum absolute atomic E-state index is 13.5. The van der Waals surface area contributed by atoms with Crippen molar-refractivity contribution in [2.24, 2.45) is 5.73 Å². The third-order valence-corrected chi connectivity index (χ3v) is 2.85. The monoisotopic (exact) mass is 309 g/mol. The van der Waals surface area contributed by atoms with Crippen molar-refractivity contribution < 1.29 is 9.50 Å². The lowest BCUT2D eigenvalue weighted by Gasteiger charge is -2.24. The van der Waals surface area contributed by atoms with Gasteiger partial charge in [-0.2, -0.15) is 0 Å². The van der Waals surface area contributed by atoms with Crippen LogP contribution in [-0.4, -0.2) is 11.7 Å². The van der Waals surface area contributed by atoms with E-state index in [0.717, 1.165) is 3.57 Å². The Bertz CT molecular complexity index is 328. The smallest absolute Gasteiger partial charge is 0.129 e. The van der Waals surface area contributed by atoms with E-state index in [-0.39, 0.29) is 12.4 Å². The summed E-state index contributed by atoms with van der Waals surface area (Å²) in [6.07, 6.45) is 0.352. The van der Waals surface area contributed by atoms with Crippen LogP contribution in [0.15, 0.2) is 18.2 Å². The van der Waals surface area contributed by atoms with E-state index in [1.807, 2.05) is 28.7 Å². The van der Waals surface area contributed by atoms with Gasteiger partial charge in [0.2, 0.25) is 0 Å². The predicted molar refractivity (Wildman–Crippen MR) is 62.4 cm³/mol. The van der Waals surface area contributed by atoms with E-state index >= 15 is 0 Å². The van der Waals surface area contributed by atoms with Gasteiger partial charge in [0.1, 0.15) is 5.82 Å². The van der Waals surface area contributed by atoms with Crippen molar-refractivity contribution in [2.45, 2.75) is 18.9 Å². The third-order valence-electron chi connectivity index (χ3n) is 2.18. The molecule has 1 aromatic rings. The van der Waals surface area contributed by atoms with Crippen molar-refractivity contribution >= 4 is 22.6 Å². The highest BCUT2D eigenvalue weighted by Crippen LogP contribution is 2.25. The first-order chi connectivity index (χ1) is 6.47. The Morgan fingerprint density at radius 2 is 2.21 bits per heavy atom. The highest BCUT2D eigenvalue weighted by atomic mass is 127. The molecule has 0 fully saturated rings. The molecular weight excluding hydrogens is 296 g/mol. The number of hydrogen-bond donors (Lipinski definition) is 2. The maximum atomic E-state index is 13.5. The molecule has 0 saturated carbocycles. The van der Waals surface area contributed by atoms with Crippen molar-refractivity contribution in [3.63, 3.8) is 0 Å². The average Bonchev–Trinajstić information content (AvgIpc) is 2.02. The molecule has 3 N–H and O–H groups in total. The number of benzene rings is 1. The summed E-state index contributed by atoms with van der Waals surface area (Å²) in [6, 6.07) is 4.92. The number of nitrogens with two attached hydrogens (primary N) is 1. The summed E-state index contributed by atoms with van der Waals surface area (Å²) in [6.45, 7) is 1.67. The van der Waals surface area contributed by atoms with E-state index in [0.29, 0.717) is 12.0 Å². The van der Waals surface area contributed by atoms with Crippen molar-refractivity contribution in [1.82, 2.24) is 0 Å². The molecule has 0 aromatic heterocycles. The summed E-state index contributed by atoms with van der Waals surface area (Å²) in [5.74, 6) is -0.310. The van der Waals surface area contributed by atoms with Crippen LogP contribution in [-0.2, 0) is 5.54 Å². The topological polar surface area (TPSA) is 46.2 Å². The molecule has 2 nitrogen and oxygen atoms in total. The molecule has 1 rings (SSSR count). The van der Waals surface area contributed by atoms with E-state index in [2.05, 4.69) is 0 Å². The van der Waals surface area contributed by atoms with Crippen LogP contribution in [0.4, 0.5) is 4.39 Å². The van der Waals surface area contributed by atoms with Gasteiger partial charge in [0.25, 0.3) is 0 Å². The standard InChI is InChI=1S/C10H13FINO/c1-10(13,4-5-14)8-3-2-7(12)6-9(8)11/h2-3,6,14H,4-5,13H2,1H3. The second-order valence-corrected chi connectivity index (χ2v) is 4.76. The zero-order valence-electron chi connectivity index (χ0n) is 7.93. The van der Waals surface area contributed by atoms with Gasteiger partial charge in [0.05, 0.1) is 0 Å². The summed E-state index contributed by atoms with van der Waals surface area (Å²) >= 11 is 2.04. The Labute approximate surface area is 96.5 Å². The zero-order chi connectivity index (χ0) is 10.8. The lowest BCUT2D eigenvalue weighted by Crippen LogP contribution is -2.35. The average molecular weight is 309 g/mol. The molecule has 78 valence electrons. The second-order valence-electron chi connectivity index (χ2n) is 3.52. The number of hydrogen-bond acceptors (Lipinski definition) is 2. The molecule has 0 bridgehead atoms. The molecule has 4 heteroatoms. The van der Waals surface area contributed by atoms with E-state index in [4.69, 9.17) is 10.8 Å². The molecule has 14 heavy (non-hydrogen) atoms. The molecule has 1 aromatic carbocycles. The number of rotatable bonds is 3. The molecule has 0 amide bonds. The lowest BCUT2D eigenvalue weighted by atomic mass is 9.90. The molecule has 1 unspecified atom stereocenters. The van der Waals surface area contributed by atoms with Gasteiger partial charge in [-0.05, 0) is 48.1 Å². The van der Waals surface area contributed by atoms with Crippen molar-refractivity contribution in [3.8, 4) is 0 Å². The molecule has 0 spiro atoms. The van der Waals surface area contributed by atoms with Crippen LogP contribution < -0.4 is 5.73 Å². The fraction of sp³-hybridized carbons (Fsp3) is 0.400. The van der Waals surface area contributed by atoms with Crippen LogP contribution >= 0.6 is 22.6 Å². The second kappa shape index (κ2) is 4.55. The molecule has 0 saturated heterocycles. The molecule has 0 heterocycles. The van der Waals surface area contributed by atoms with Gasteiger partial charge in [-0.25, -0.2) is 4.39 Å². The predicted octanol–water partition coefficient (Wildman–Crippen LogP) is 1.99. The number of aliphatic hydroxyl groups excluding tert-OH is 1. The van der Waals surface area contributed by atoms with Crippen LogP contribution in [0.25, 0.3) is 0 Å². The van der Waals surface area contributed by atoms with Crippen molar-refractivity contribution in [1.29, 1.82) is 0 Å². The largest absolute Gasteiger partial charge is 0.396 e. The van der Waals surface area contributed by atoms with Crippen molar-refractivity contribution in [3.05, 3.63) is 33.1 Å². The highest BCUT2D eigenvalue weighted by Gasteiger charge is 2.23. The Kier molecular flexibility index (Phi) is 3.86. The van der Waals surface area contributed by atoms with Crippen LogP contribution in [0.3, 0.4) is 0 Å². The minimum atomic E-state index is -0.802. The first kappa shape index (κ1) is 11.9. The molecule has 1 atom stereocenters. The third kappa shape index (κ3) is 2.65. The first-order valence-corrected chi connectivity index (χ1v) is 5.40. The Balaban J connectivity index is 3.06. The fourth-order valence-corrected chi connectivity index (χ4v) is 1.77. The van der Waals surface area contributed by atoms with Gasteiger partial charge in [-0.3, -0.25) is 0 Å². The highest BCUT2D eigenvalue weighted by molar-refractivity contribution is 14.1. The van der Waals surface area contributed by atoms with E-state index < -0.39 is 5.54 Å². The number of halogens is 2. The van der Waals surface area contributed by atoms with Gasteiger partial charge in [0, 0.05) is 21.3 Å². The fourth-order valence-electron chi connectivity index (χ4n) is 1.32. The SMILES string of the molecule is CC(N)(CCO)c1ccc(I)cc1F. The van der Waals surface area contributed by atoms with Crippen LogP contribution in [0, 0.1) is 9.39 Å². The summed E-state index contributed by atoms with van der Waals surface area (Å²) in [7, 11) is 0. The van der Waals surface area contributed by atoms with E-state index in [9.17, 15) is 4.39 Å². The quantitative estimate of drug-likeness (QED) is 0.839. The van der Waals surface area contributed by atoms with Gasteiger partial charge in [-0.15, -0.1) is 0 Å². The Hall–Kier alpha value is -0.200. The van der Waals surface area contributed by atoms with Gasteiger partial charge < -0.3 is 10.8 Å². The van der Waals surface area contributed by atoms with Crippen molar-refractivity contribution in [2.75, 3.05) is 6.61 Å². The minimum absolute atomic E-state index is 0.0432. The Morgan fingerprint density at radius 3 is 2.71 bits per heavy atom. The normalized spacial score (nSPS) is 15.2. The Morgan fingerprint density at radius 1 is 1.57 bits per heavy atom. The van der Waals surface area contributed by atoms with Gasteiger partial charge >= 0.3 is 0 Å². The van der Waals surface area contributed by atoms with E-state index in [1.54, 1.807) is 13.0 Å². The number of aliphatic hydroxyl groups is 1. The summed E-state index contributed by atoms with van der Waals surface area (Å²) in [5, 5.41) is 8.80. The van der Waals surface area contributed by atoms with Crippen LogP contribution in [0.1, 0.15) is 18.9 Å². The molecule has 0 aliphatic heterocycles. The molecule has 0 aliphatic carbocycles. The van der Waals surface area contributed by atoms with Gasteiger partial charge in [-0.1, -0.05) is 6.07 Å². The summed E-state index contributed by atoms with van der Waals surface area (Å²) in [5.41, 5.74) is 5.55. The molecule has 0 aliphatic rings. The van der Waals surface area contributed by atoms with Gasteiger partial charge in [0.15, 0.2) is 0 Å². The minimum Gasteiger partial charge on any atom is -0.396 e. The maximum Gasteiger partial charge on any atom is 0.129 e. The van der Waals surface area contributed by atoms with Crippen LogP contribution in [0.2, 0.25) is 0 Å². The molecular formula is C10H13FINO. The molecule has 0 radical (unpaired) electrons. The summed E-state index contributed by atoms with van der Waals surface area (Å²) < 4.78 is 14.3. The lowest BCUT2D eigenvalue weighted by molar-refractivity contribution is 0.244.